The SMILES string of the molecule is COc1c(C(C)(C)C)cc2c(c1-c1ccccc1)C=C(C)[CH]2[Zr]([Cl])([Cl])([CH]1C(C)=Cc2c(-c3ccc(C(C)(C)C)cc3)cc(C)cc21)[SiH](C)C. The predicted molar refractivity (Wildman–Crippen MR) is 216 cm³/mol. The third-order valence-electron chi connectivity index (χ3n) is 11.3. The Morgan fingerprint density at radius 2 is 1.22 bits per heavy atom. The fourth-order valence-electron chi connectivity index (χ4n) is 8.78. The van der Waals surface area contributed by atoms with Gasteiger partial charge in [-0.2, -0.15) is 0 Å². The number of hydrogen-bond donors (Lipinski definition) is 0. The molecule has 0 N–H and O–H groups in total. The quantitative estimate of drug-likeness (QED) is 0.177. The van der Waals surface area contributed by atoms with Crippen LogP contribution in [0.15, 0.2) is 83.9 Å². The molecule has 0 aliphatic heterocycles. The molecule has 6 rings (SSSR count). The minimum absolute atomic E-state index is 0.00948. The van der Waals surface area contributed by atoms with Gasteiger partial charge in [0, 0.05) is 0 Å². The summed E-state index contributed by atoms with van der Waals surface area (Å²) >= 11 is -4.91. The maximum absolute atomic E-state index is 8.67. The molecular weight excluding hydrogens is 735 g/mol. The molecule has 2 aliphatic carbocycles. The summed E-state index contributed by atoms with van der Waals surface area (Å²) in [6.07, 6.45) is 4.81. The molecule has 0 fully saturated rings. The Morgan fingerprint density at radius 3 is 1.73 bits per heavy atom. The Hall–Kier alpha value is -2.16. The fourth-order valence-corrected chi connectivity index (χ4v) is 41.6. The van der Waals surface area contributed by atoms with Crippen molar-refractivity contribution < 1.29 is 20.3 Å². The third kappa shape index (κ3) is 5.93. The Labute approximate surface area is 304 Å². The summed E-state index contributed by atoms with van der Waals surface area (Å²) in [6.45, 7) is 25.3. The van der Waals surface area contributed by atoms with E-state index in [2.05, 4.69) is 160 Å². The van der Waals surface area contributed by atoms with Crippen molar-refractivity contribution in [3.63, 3.8) is 0 Å². The maximum atomic E-state index is 8.67. The third-order valence-corrected chi connectivity index (χ3v) is 63.6. The van der Waals surface area contributed by atoms with Gasteiger partial charge in [0.25, 0.3) is 0 Å². The van der Waals surface area contributed by atoms with Crippen LogP contribution >= 0.6 is 17.0 Å². The molecule has 0 radical (unpaired) electrons. The van der Waals surface area contributed by atoms with Gasteiger partial charge in [-0.25, -0.2) is 0 Å². The molecule has 2 aliphatic rings. The van der Waals surface area contributed by atoms with E-state index in [9.17, 15) is 0 Å². The van der Waals surface area contributed by atoms with Crippen LogP contribution in [0.5, 0.6) is 5.75 Å². The van der Waals surface area contributed by atoms with Crippen LogP contribution in [-0.2, 0) is 26.4 Å². The van der Waals surface area contributed by atoms with Gasteiger partial charge in [-0.05, 0) is 0 Å². The predicted octanol–water partition coefficient (Wildman–Crippen LogP) is 13.5. The van der Waals surface area contributed by atoms with Crippen LogP contribution in [-0.4, -0.2) is 13.0 Å². The Kier molecular flexibility index (Phi) is 9.35. The number of ether oxygens (including phenoxy) is 1. The van der Waals surface area contributed by atoms with Gasteiger partial charge in [0.2, 0.25) is 0 Å². The van der Waals surface area contributed by atoms with Gasteiger partial charge in [-0.15, -0.1) is 0 Å². The first-order valence-corrected chi connectivity index (χ1v) is 34.1. The molecule has 49 heavy (non-hydrogen) atoms. The number of rotatable bonds is 6. The molecule has 0 saturated heterocycles. The second kappa shape index (κ2) is 12.5. The number of aryl methyl sites for hydroxylation is 1. The first kappa shape index (κ1) is 36.6. The molecule has 0 amide bonds. The van der Waals surface area contributed by atoms with E-state index < -0.39 is 21.5 Å². The molecular formula is C44H53Cl2OSiZr. The summed E-state index contributed by atoms with van der Waals surface area (Å²) in [5, 5.41) is 0. The van der Waals surface area contributed by atoms with Crippen LogP contribution in [0.2, 0.25) is 13.1 Å². The van der Waals surface area contributed by atoms with E-state index in [0.29, 0.717) is 0 Å². The number of benzene rings is 4. The average Bonchev–Trinajstić information content (AvgIpc) is 3.55. The molecule has 257 valence electrons. The van der Waals surface area contributed by atoms with Gasteiger partial charge >= 0.3 is 307 Å². The zero-order valence-electron chi connectivity index (χ0n) is 31.5. The van der Waals surface area contributed by atoms with E-state index in [0.717, 1.165) is 16.9 Å². The van der Waals surface area contributed by atoms with Crippen LogP contribution in [0.25, 0.3) is 34.4 Å². The minimum atomic E-state index is -4.91. The fraction of sp³-hybridized carbons (Fsp3) is 0.364. The van der Waals surface area contributed by atoms with Crippen molar-refractivity contribution in [2.24, 2.45) is 0 Å². The van der Waals surface area contributed by atoms with Gasteiger partial charge in [0.15, 0.2) is 0 Å². The van der Waals surface area contributed by atoms with Crippen LogP contribution in [0, 0.1) is 6.92 Å². The molecule has 4 aromatic carbocycles. The van der Waals surface area contributed by atoms with Gasteiger partial charge in [0.05, 0.1) is 0 Å². The molecule has 2 unspecified atom stereocenters. The normalized spacial score (nSPS) is 18.5. The van der Waals surface area contributed by atoms with Gasteiger partial charge in [0.1, 0.15) is 0 Å². The summed E-state index contributed by atoms with van der Waals surface area (Å²) in [5.41, 5.74) is 16.3. The average molecular weight is 788 g/mol. The molecule has 4 aromatic rings. The summed E-state index contributed by atoms with van der Waals surface area (Å²) in [7, 11) is 19.2. The van der Waals surface area contributed by atoms with E-state index in [1.54, 1.807) is 0 Å². The Bertz CT molecular complexity index is 2010. The number of hydrogen-bond acceptors (Lipinski definition) is 1. The molecule has 1 nitrogen and oxygen atoms in total. The molecule has 0 bridgehead atoms. The molecule has 0 spiro atoms. The Balaban J connectivity index is 1.61. The monoisotopic (exact) mass is 785 g/mol. The van der Waals surface area contributed by atoms with E-state index in [-0.39, 0.29) is 18.1 Å². The molecule has 5 heteroatoms. The second-order valence-corrected chi connectivity index (χ2v) is 59.6. The second-order valence-electron chi connectivity index (χ2n) is 17.1. The molecule has 0 saturated carbocycles. The van der Waals surface area contributed by atoms with E-state index in [1.165, 1.54) is 61.2 Å². The van der Waals surface area contributed by atoms with E-state index in [4.69, 9.17) is 21.8 Å². The summed E-state index contributed by atoms with van der Waals surface area (Å²) in [4.78, 5) is 0. The summed E-state index contributed by atoms with van der Waals surface area (Å²) in [5.74, 6) is -0.739. The summed E-state index contributed by atoms with van der Waals surface area (Å²) in [6, 6.07) is 27.0. The first-order chi connectivity index (χ1) is 22.8. The molecule has 2 atom stereocenters. The van der Waals surface area contributed by atoms with Crippen molar-refractivity contribution in [3.8, 4) is 28.0 Å². The van der Waals surface area contributed by atoms with Crippen LogP contribution in [0.1, 0.15) is 102 Å². The molecule has 0 aromatic heterocycles. The van der Waals surface area contributed by atoms with Crippen molar-refractivity contribution in [1.82, 2.24) is 0 Å². The topological polar surface area (TPSA) is 9.23 Å². The van der Waals surface area contributed by atoms with Crippen molar-refractivity contribution in [3.05, 3.63) is 123 Å². The van der Waals surface area contributed by atoms with Gasteiger partial charge in [-0.1, -0.05) is 0 Å². The standard InChI is InChI=1S/C21H23O.C21H23.C2H7Si.2ClH.Zr/c1-14-11-16-13-18(21(2,3)4)20(22-5)19(17(16)12-14)15-9-7-6-8-10-15;1-14-10-17-11-15(2)13-20(17)19(12-14)16-6-8-18(9-7-16)21(3,4)5;1-3-2;;;/h6-13H,1-5H3;6-13H,1-5H3;3H,1-2H3;2*1H;/q;;;;;+2/p-2. The first-order valence-electron chi connectivity index (χ1n) is 17.8. The number of fused-ring (bicyclic) bond motifs is 2. The summed E-state index contributed by atoms with van der Waals surface area (Å²) < 4.78 is 6.34. The van der Waals surface area contributed by atoms with Crippen LogP contribution < -0.4 is 4.74 Å². The number of halogens is 2. The van der Waals surface area contributed by atoms with Crippen LogP contribution in [0.3, 0.4) is 0 Å². The van der Waals surface area contributed by atoms with Gasteiger partial charge < -0.3 is 0 Å². The zero-order valence-corrected chi connectivity index (χ0v) is 36.6. The van der Waals surface area contributed by atoms with Crippen molar-refractivity contribution in [1.29, 1.82) is 0 Å². The number of allylic oxidation sites excluding steroid dienone is 2. The van der Waals surface area contributed by atoms with Crippen molar-refractivity contribution in [2.75, 3.05) is 7.11 Å². The van der Waals surface area contributed by atoms with Crippen molar-refractivity contribution in [2.45, 2.75) is 93.5 Å². The van der Waals surface area contributed by atoms with Crippen LogP contribution in [0.4, 0.5) is 0 Å². The van der Waals surface area contributed by atoms with Gasteiger partial charge in [-0.3, -0.25) is 0 Å². The zero-order chi connectivity index (χ0) is 35.9. The molecule has 0 heterocycles. The van der Waals surface area contributed by atoms with Crippen molar-refractivity contribution >= 4 is 35.1 Å². The Morgan fingerprint density at radius 1 is 0.673 bits per heavy atom. The number of methoxy groups -OCH3 is 1. The van der Waals surface area contributed by atoms with E-state index in [1.807, 2.05) is 7.11 Å². The van der Waals surface area contributed by atoms with E-state index >= 15 is 0 Å².